The van der Waals surface area contributed by atoms with Gasteiger partial charge in [0.05, 0.1) is 6.04 Å². The van der Waals surface area contributed by atoms with Gasteiger partial charge in [0.25, 0.3) is 0 Å². The van der Waals surface area contributed by atoms with Gasteiger partial charge in [0.1, 0.15) is 5.82 Å². The molecule has 1 fully saturated rings. The standard InChI is InChI=1S/C9H14N4OS/c1-2-3-7-11-12-9(15)13(7)6-4-8(14)10-5-6/h6H,2-5H2,1H3,(H,10,14)(H,12,15). The van der Waals surface area contributed by atoms with E-state index in [1.54, 1.807) is 0 Å². The van der Waals surface area contributed by atoms with Crippen LogP contribution < -0.4 is 5.32 Å². The van der Waals surface area contributed by atoms with Crippen LogP contribution in [0.25, 0.3) is 0 Å². The normalized spacial score (nSPS) is 20.6. The summed E-state index contributed by atoms with van der Waals surface area (Å²) in [5.74, 6) is 1.04. The predicted molar refractivity (Wildman–Crippen MR) is 58.1 cm³/mol. The lowest BCUT2D eigenvalue weighted by atomic mass is 10.2. The van der Waals surface area contributed by atoms with E-state index in [2.05, 4.69) is 22.4 Å². The number of aryl methyl sites for hydroxylation is 1. The van der Waals surface area contributed by atoms with E-state index in [1.807, 2.05) is 4.57 Å². The molecule has 0 radical (unpaired) electrons. The number of aromatic amines is 1. The smallest absolute Gasteiger partial charge is 0.222 e. The van der Waals surface area contributed by atoms with E-state index in [4.69, 9.17) is 12.2 Å². The minimum absolute atomic E-state index is 0.0885. The minimum atomic E-state index is 0.0885. The summed E-state index contributed by atoms with van der Waals surface area (Å²) in [5.41, 5.74) is 0. The van der Waals surface area contributed by atoms with Gasteiger partial charge in [-0.25, -0.2) is 0 Å². The van der Waals surface area contributed by atoms with Gasteiger partial charge in [0, 0.05) is 19.4 Å². The Morgan fingerprint density at radius 2 is 2.47 bits per heavy atom. The third-order valence-electron chi connectivity index (χ3n) is 2.57. The van der Waals surface area contributed by atoms with Gasteiger partial charge in [-0.15, -0.1) is 0 Å². The summed E-state index contributed by atoms with van der Waals surface area (Å²) >= 11 is 5.17. The molecule has 2 heterocycles. The first-order chi connectivity index (χ1) is 7.22. The number of amides is 1. The number of hydrogen-bond acceptors (Lipinski definition) is 3. The maximum atomic E-state index is 11.1. The van der Waals surface area contributed by atoms with Gasteiger partial charge in [-0.05, 0) is 18.6 Å². The van der Waals surface area contributed by atoms with Crippen molar-refractivity contribution in [3.63, 3.8) is 0 Å². The van der Waals surface area contributed by atoms with Crippen LogP contribution in [0.15, 0.2) is 0 Å². The quantitative estimate of drug-likeness (QED) is 0.754. The van der Waals surface area contributed by atoms with Crippen molar-refractivity contribution in [2.45, 2.75) is 32.2 Å². The topological polar surface area (TPSA) is 62.7 Å². The second-order valence-corrected chi connectivity index (χ2v) is 4.11. The van der Waals surface area contributed by atoms with E-state index in [1.165, 1.54) is 0 Å². The number of H-pyrrole nitrogens is 1. The van der Waals surface area contributed by atoms with E-state index in [0.717, 1.165) is 18.7 Å². The molecule has 0 spiro atoms. The second kappa shape index (κ2) is 4.14. The van der Waals surface area contributed by atoms with Crippen molar-refractivity contribution in [3.8, 4) is 0 Å². The third kappa shape index (κ3) is 1.94. The summed E-state index contributed by atoms with van der Waals surface area (Å²) in [6, 6.07) is 0.130. The Kier molecular flexibility index (Phi) is 2.86. The van der Waals surface area contributed by atoms with Gasteiger partial charge >= 0.3 is 0 Å². The fourth-order valence-corrected chi connectivity index (χ4v) is 2.19. The molecule has 1 aromatic heterocycles. The molecule has 1 unspecified atom stereocenters. The molecule has 5 nitrogen and oxygen atoms in total. The number of nitrogens with zero attached hydrogens (tertiary/aromatic N) is 2. The first-order valence-electron chi connectivity index (χ1n) is 5.15. The summed E-state index contributed by atoms with van der Waals surface area (Å²) in [4.78, 5) is 11.1. The van der Waals surface area contributed by atoms with E-state index >= 15 is 0 Å². The van der Waals surface area contributed by atoms with E-state index < -0.39 is 0 Å². The number of aromatic nitrogens is 3. The highest BCUT2D eigenvalue weighted by Crippen LogP contribution is 2.18. The first-order valence-corrected chi connectivity index (χ1v) is 5.55. The SMILES string of the molecule is CCCc1n[nH]c(=S)n1C1CNC(=O)C1. The van der Waals surface area contributed by atoms with E-state index in [0.29, 0.717) is 17.7 Å². The van der Waals surface area contributed by atoms with Crippen molar-refractivity contribution in [2.24, 2.45) is 0 Å². The Labute approximate surface area is 92.9 Å². The van der Waals surface area contributed by atoms with Crippen LogP contribution in [-0.2, 0) is 11.2 Å². The van der Waals surface area contributed by atoms with Crippen LogP contribution in [-0.4, -0.2) is 27.2 Å². The summed E-state index contributed by atoms with van der Waals surface area (Å²) in [6.07, 6.45) is 2.41. The zero-order valence-corrected chi connectivity index (χ0v) is 9.43. The van der Waals surface area contributed by atoms with Crippen molar-refractivity contribution in [1.82, 2.24) is 20.1 Å². The number of carbonyl (C=O) groups is 1. The maximum absolute atomic E-state index is 11.1. The molecule has 0 bridgehead atoms. The molecular formula is C9H14N4OS. The van der Waals surface area contributed by atoms with Crippen molar-refractivity contribution >= 4 is 18.1 Å². The average Bonchev–Trinajstić information content (AvgIpc) is 2.74. The van der Waals surface area contributed by atoms with Crippen LogP contribution in [0.4, 0.5) is 0 Å². The fraction of sp³-hybridized carbons (Fsp3) is 0.667. The van der Waals surface area contributed by atoms with Gasteiger partial charge < -0.3 is 5.32 Å². The van der Waals surface area contributed by atoms with Crippen molar-refractivity contribution in [2.75, 3.05) is 6.54 Å². The maximum Gasteiger partial charge on any atom is 0.222 e. The Balaban J connectivity index is 2.29. The zero-order valence-electron chi connectivity index (χ0n) is 8.62. The van der Waals surface area contributed by atoms with Crippen molar-refractivity contribution in [3.05, 3.63) is 10.6 Å². The molecule has 0 saturated carbocycles. The lowest BCUT2D eigenvalue weighted by Crippen LogP contribution is -2.17. The Bertz CT molecular complexity index is 422. The number of nitrogens with one attached hydrogen (secondary N) is 2. The summed E-state index contributed by atoms with van der Waals surface area (Å²) in [6.45, 7) is 2.75. The lowest BCUT2D eigenvalue weighted by Gasteiger charge is -2.11. The van der Waals surface area contributed by atoms with Crippen LogP contribution in [0, 0.1) is 4.77 Å². The van der Waals surface area contributed by atoms with Crippen LogP contribution in [0.5, 0.6) is 0 Å². The van der Waals surface area contributed by atoms with Gasteiger partial charge in [-0.1, -0.05) is 6.92 Å². The predicted octanol–water partition coefficient (Wildman–Crippen LogP) is 0.954. The van der Waals surface area contributed by atoms with E-state index in [-0.39, 0.29) is 11.9 Å². The van der Waals surface area contributed by atoms with Crippen LogP contribution >= 0.6 is 12.2 Å². The number of carbonyl (C=O) groups excluding carboxylic acids is 1. The van der Waals surface area contributed by atoms with Gasteiger partial charge in [0.2, 0.25) is 5.91 Å². The highest BCUT2D eigenvalue weighted by molar-refractivity contribution is 7.71. The fourth-order valence-electron chi connectivity index (χ4n) is 1.89. The largest absolute Gasteiger partial charge is 0.354 e. The molecule has 1 aliphatic rings. The first kappa shape index (κ1) is 10.4. The lowest BCUT2D eigenvalue weighted by molar-refractivity contribution is -0.119. The molecule has 6 heteroatoms. The molecule has 0 aliphatic carbocycles. The molecular weight excluding hydrogens is 212 g/mol. The van der Waals surface area contributed by atoms with Crippen LogP contribution in [0.3, 0.4) is 0 Å². The Hall–Kier alpha value is -1.17. The minimum Gasteiger partial charge on any atom is -0.354 e. The molecule has 1 saturated heterocycles. The molecule has 1 amide bonds. The summed E-state index contributed by atoms with van der Waals surface area (Å²) in [7, 11) is 0. The summed E-state index contributed by atoms with van der Waals surface area (Å²) in [5, 5.41) is 9.78. The van der Waals surface area contributed by atoms with Crippen LogP contribution in [0.1, 0.15) is 31.6 Å². The van der Waals surface area contributed by atoms with Crippen molar-refractivity contribution in [1.29, 1.82) is 0 Å². The molecule has 2 rings (SSSR count). The monoisotopic (exact) mass is 226 g/mol. The van der Waals surface area contributed by atoms with Gasteiger partial charge in [0.15, 0.2) is 4.77 Å². The van der Waals surface area contributed by atoms with Crippen LogP contribution in [0.2, 0.25) is 0 Å². The zero-order chi connectivity index (χ0) is 10.8. The Morgan fingerprint density at radius 3 is 3.07 bits per heavy atom. The number of rotatable bonds is 3. The second-order valence-electron chi connectivity index (χ2n) is 3.73. The molecule has 82 valence electrons. The highest BCUT2D eigenvalue weighted by atomic mass is 32.1. The third-order valence-corrected chi connectivity index (χ3v) is 2.86. The average molecular weight is 226 g/mol. The Morgan fingerprint density at radius 1 is 1.67 bits per heavy atom. The molecule has 0 aromatic carbocycles. The summed E-state index contributed by atoms with van der Waals surface area (Å²) < 4.78 is 2.58. The van der Waals surface area contributed by atoms with Gasteiger partial charge in [-0.2, -0.15) is 5.10 Å². The highest BCUT2D eigenvalue weighted by Gasteiger charge is 2.25. The van der Waals surface area contributed by atoms with Gasteiger partial charge in [-0.3, -0.25) is 14.5 Å². The molecule has 15 heavy (non-hydrogen) atoms. The van der Waals surface area contributed by atoms with E-state index in [9.17, 15) is 4.79 Å². The molecule has 1 aromatic rings. The molecule has 1 aliphatic heterocycles. The number of hydrogen-bond donors (Lipinski definition) is 2. The van der Waals surface area contributed by atoms with Crippen molar-refractivity contribution < 1.29 is 4.79 Å². The molecule has 1 atom stereocenters. The molecule has 2 N–H and O–H groups in total.